The van der Waals surface area contributed by atoms with Crippen LogP contribution >= 0.6 is 0 Å². The maximum atomic E-state index is 14.1. The number of ether oxygens (including phenoxy) is 2. The number of hydrogen-bond donors (Lipinski definition) is 3. The zero-order chi connectivity index (χ0) is 29.4. The molecule has 0 radical (unpaired) electrons. The number of nitrogens with zero attached hydrogens (tertiary/aromatic N) is 3. The number of anilines is 2. The monoisotopic (exact) mass is 559 g/mol. The fourth-order valence-corrected chi connectivity index (χ4v) is 4.76. The van der Waals surface area contributed by atoms with Crippen molar-refractivity contribution >= 4 is 23.3 Å². The van der Waals surface area contributed by atoms with Crippen LogP contribution in [0, 0.1) is 19.8 Å². The number of nitrogens with one attached hydrogen (secondary N) is 2. The fraction of sp³-hybridized carbons (Fsp3) is 0.621. The van der Waals surface area contributed by atoms with Gasteiger partial charge in [-0.05, 0) is 79.3 Å². The Balaban J connectivity index is 1.94. The van der Waals surface area contributed by atoms with Crippen molar-refractivity contribution in [1.82, 2.24) is 15.0 Å². The van der Waals surface area contributed by atoms with Gasteiger partial charge in [-0.15, -0.1) is 0 Å². The normalized spacial score (nSPS) is 21.8. The van der Waals surface area contributed by atoms with Gasteiger partial charge in [0.25, 0.3) is 5.91 Å². The topological polar surface area (TPSA) is 129 Å². The fourth-order valence-electron chi connectivity index (χ4n) is 4.76. The minimum absolute atomic E-state index is 0.00807. The molecule has 1 aliphatic rings. The average molecular weight is 560 g/mol. The molecule has 0 bridgehead atoms. The van der Waals surface area contributed by atoms with Crippen LogP contribution in [0.15, 0.2) is 22.7 Å². The summed E-state index contributed by atoms with van der Waals surface area (Å²) < 4.78 is 17.6. The van der Waals surface area contributed by atoms with Crippen LogP contribution in [0.5, 0.6) is 5.75 Å². The average Bonchev–Trinajstić information content (AvgIpc) is 3.22. The van der Waals surface area contributed by atoms with Crippen LogP contribution in [-0.4, -0.2) is 90.6 Å². The summed E-state index contributed by atoms with van der Waals surface area (Å²) in [5.41, 5.74) is 1.80. The summed E-state index contributed by atoms with van der Waals surface area (Å²) in [6.07, 6.45) is 2.45. The third kappa shape index (κ3) is 8.42. The molecule has 11 nitrogen and oxygen atoms in total. The molecule has 0 saturated heterocycles. The minimum Gasteiger partial charge on any atom is -0.490 e. The van der Waals surface area contributed by atoms with E-state index in [0.717, 1.165) is 25.8 Å². The van der Waals surface area contributed by atoms with Gasteiger partial charge in [0.15, 0.2) is 5.76 Å². The highest BCUT2D eigenvalue weighted by atomic mass is 16.5. The highest BCUT2D eigenvalue weighted by Gasteiger charge is 2.30. The van der Waals surface area contributed by atoms with Crippen LogP contribution in [-0.2, 0) is 4.74 Å². The quantitative estimate of drug-likeness (QED) is 0.478. The first-order valence-electron chi connectivity index (χ1n) is 14.0. The summed E-state index contributed by atoms with van der Waals surface area (Å²) in [6, 6.07) is 4.11. The number of carbonyl (C=O) groups excluding carboxylic acids is 2. The van der Waals surface area contributed by atoms with Crippen LogP contribution < -0.4 is 15.4 Å². The standard InChI is InChI=1S/C29H45N5O6/c1-18-15-34(19(2)17-35)28(36)24-14-23(30-29(37)31-27-21(4)32-40-22(27)5)11-12-25(24)39-20(3)10-8-9-13-38-26(18)16-33(6)7/h11-12,14,18-20,26,35H,8-10,13,15-17H2,1-7H3,(H2,30,31,37)/t18-,19+,20-,26+/m0/s1. The third-order valence-corrected chi connectivity index (χ3v) is 7.13. The highest BCUT2D eigenvalue weighted by molar-refractivity contribution is 6.03. The number of urea groups is 1. The van der Waals surface area contributed by atoms with E-state index in [1.807, 2.05) is 27.9 Å². The number of aromatic nitrogens is 1. The number of benzene rings is 1. The zero-order valence-corrected chi connectivity index (χ0v) is 24.8. The highest BCUT2D eigenvalue weighted by Crippen LogP contribution is 2.29. The van der Waals surface area contributed by atoms with Crippen LogP contribution in [0.2, 0.25) is 0 Å². The van der Waals surface area contributed by atoms with Crippen molar-refractivity contribution in [3.63, 3.8) is 0 Å². The Kier molecular flexibility index (Phi) is 11.4. The number of aryl methyl sites for hydroxylation is 2. The number of hydrogen-bond acceptors (Lipinski definition) is 8. The molecule has 2 heterocycles. The Morgan fingerprint density at radius 2 is 1.98 bits per heavy atom. The van der Waals surface area contributed by atoms with Crippen LogP contribution in [0.1, 0.15) is 61.8 Å². The van der Waals surface area contributed by atoms with Crippen molar-refractivity contribution in [2.45, 2.75) is 72.1 Å². The molecule has 11 heteroatoms. The van der Waals surface area contributed by atoms with Crippen LogP contribution in [0.4, 0.5) is 16.2 Å². The van der Waals surface area contributed by atoms with E-state index < -0.39 is 12.1 Å². The predicted molar refractivity (Wildman–Crippen MR) is 154 cm³/mol. The van der Waals surface area contributed by atoms with Gasteiger partial charge in [0.1, 0.15) is 17.1 Å². The van der Waals surface area contributed by atoms with Gasteiger partial charge in [-0.3, -0.25) is 4.79 Å². The number of likely N-dealkylation sites (N-methyl/N-ethyl adjacent to an activating group) is 1. The molecular formula is C29H45N5O6. The molecule has 0 spiro atoms. The number of rotatable bonds is 6. The second-order valence-electron chi connectivity index (χ2n) is 11.1. The van der Waals surface area contributed by atoms with E-state index in [1.54, 1.807) is 36.9 Å². The van der Waals surface area contributed by atoms with E-state index >= 15 is 0 Å². The number of carbonyl (C=O) groups is 2. The van der Waals surface area contributed by atoms with Crippen molar-refractivity contribution in [1.29, 1.82) is 0 Å². The molecular weight excluding hydrogens is 514 g/mol. The Hall–Kier alpha value is -3.15. The second-order valence-corrected chi connectivity index (χ2v) is 11.1. The molecule has 1 aliphatic heterocycles. The van der Waals surface area contributed by atoms with E-state index in [0.29, 0.717) is 47.3 Å². The summed E-state index contributed by atoms with van der Waals surface area (Å²) in [5.74, 6) is 0.656. The summed E-state index contributed by atoms with van der Waals surface area (Å²) in [5, 5.41) is 19.5. The van der Waals surface area contributed by atoms with Gasteiger partial charge in [-0.2, -0.15) is 0 Å². The zero-order valence-electron chi connectivity index (χ0n) is 24.8. The Morgan fingerprint density at radius 3 is 2.62 bits per heavy atom. The smallest absolute Gasteiger partial charge is 0.323 e. The molecule has 4 atom stereocenters. The molecule has 1 aromatic heterocycles. The van der Waals surface area contributed by atoms with Gasteiger partial charge in [0, 0.05) is 31.3 Å². The van der Waals surface area contributed by atoms with E-state index in [4.69, 9.17) is 14.0 Å². The van der Waals surface area contributed by atoms with Gasteiger partial charge < -0.3 is 39.5 Å². The predicted octanol–water partition coefficient (Wildman–Crippen LogP) is 4.29. The van der Waals surface area contributed by atoms with Crippen molar-refractivity contribution < 1.29 is 28.7 Å². The lowest BCUT2D eigenvalue weighted by Gasteiger charge is -2.35. The van der Waals surface area contributed by atoms with E-state index in [1.165, 1.54) is 0 Å². The molecule has 3 rings (SSSR count). The maximum absolute atomic E-state index is 14.1. The van der Waals surface area contributed by atoms with Crippen molar-refractivity contribution in [3.05, 3.63) is 35.2 Å². The molecule has 0 unspecified atom stereocenters. The lowest BCUT2D eigenvalue weighted by atomic mass is 10.0. The number of amides is 3. The molecule has 2 aromatic rings. The van der Waals surface area contributed by atoms with Gasteiger partial charge in [-0.1, -0.05) is 12.1 Å². The summed E-state index contributed by atoms with van der Waals surface area (Å²) in [4.78, 5) is 30.6. The van der Waals surface area contributed by atoms with Crippen LogP contribution in [0.25, 0.3) is 0 Å². The van der Waals surface area contributed by atoms with Crippen molar-refractivity contribution in [2.75, 3.05) is 51.0 Å². The molecule has 40 heavy (non-hydrogen) atoms. The molecule has 0 fully saturated rings. The number of fused-ring (bicyclic) bond motifs is 1. The van der Waals surface area contributed by atoms with Crippen LogP contribution in [0.3, 0.4) is 0 Å². The lowest BCUT2D eigenvalue weighted by Crippen LogP contribution is -2.47. The first kappa shape index (κ1) is 31.4. The van der Waals surface area contributed by atoms with Gasteiger partial charge in [0.2, 0.25) is 0 Å². The Morgan fingerprint density at radius 1 is 1.23 bits per heavy atom. The van der Waals surface area contributed by atoms with Gasteiger partial charge in [0.05, 0.1) is 30.4 Å². The molecule has 0 aliphatic carbocycles. The molecule has 0 saturated carbocycles. The first-order chi connectivity index (χ1) is 19.0. The summed E-state index contributed by atoms with van der Waals surface area (Å²) >= 11 is 0. The third-order valence-electron chi connectivity index (χ3n) is 7.13. The number of aliphatic hydroxyl groups excluding tert-OH is 1. The van der Waals surface area contributed by atoms with E-state index in [2.05, 4.69) is 27.6 Å². The summed E-state index contributed by atoms with van der Waals surface area (Å²) in [6.45, 7) is 10.9. The largest absolute Gasteiger partial charge is 0.490 e. The Bertz CT molecular complexity index is 1120. The second kappa shape index (κ2) is 14.5. The SMILES string of the molecule is Cc1noc(C)c1NC(=O)Nc1ccc2c(c1)C(=O)N([C@H](C)CO)C[C@H](C)[C@@H](CN(C)C)OCCCC[C@H](C)O2. The minimum atomic E-state index is -0.491. The van der Waals surface area contributed by atoms with Gasteiger partial charge in [-0.25, -0.2) is 4.79 Å². The molecule has 1 aromatic carbocycles. The Labute approximate surface area is 237 Å². The summed E-state index contributed by atoms with van der Waals surface area (Å²) in [7, 11) is 4.01. The van der Waals surface area contributed by atoms with E-state index in [-0.39, 0.29) is 30.6 Å². The van der Waals surface area contributed by atoms with E-state index in [9.17, 15) is 14.7 Å². The van der Waals surface area contributed by atoms with Crippen molar-refractivity contribution in [2.24, 2.45) is 5.92 Å². The van der Waals surface area contributed by atoms with Gasteiger partial charge >= 0.3 is 6.03 Å². The number of aliphatic hydroxyl groups is 1. The molecule has 3 amide bonds. The van der Waals surface area contributed by atoms with Crippen molar-refractivity contribution in [3.8, 4) is 5.75 Å². The first-order valence-corrected chi connectivity index (χ1v) is 14.0. The molecule has 222 valence electrons. The maximum Gasteiger partial charge on any atom is 0.323 e. The lowest BCUT2D eigenvalue weighted by molar-refractivity contribution is -0.0137. The molecule has 3 N–H and O–H groups in total.